The van der Waals surface area contributed by atoms with Crippen LogP contribution in [0.3, 0.4) is 0 Å². The summed E-state index contributed by atoms with van der Waals surface area (Å²) in [6.07, 6.45) is 6.76. The molecule has 0 bridgehead atoms. The lowest BCUT2D eigenvalue weighted by atomic mass is 10.0. The van der Waals surface area contributed by atoms with Crippen molar-refractivity contribution in [3.05, 3.63) is 21.9 Å². The number of hydrogen-bond acceptors (Lipinski definition) is 3. The number of aryl methyl sites for hydroxylation is 1. The summed E-state index contributed by atoms with van der Waals surface area (Å²) in [5, 5.41) is 9.55. The summed E-state index contributed by atoms with van der Waals surface area (Å²) in [5.41, 5.74) is 0. The number of halogens is 1. The molecule has 0 saturated heterocycles. The first-order valence-electron chi connectivity index (χ1n) is 9.57. The van der Waals surface area contributed by atoms with Crippen LogP contribution < -0.4 is 16.0 Å². The molecule has 1 aliphatic carbocycles. The molecule has 7 heteroatoms. The summed E-state index contributed by atoms with van der Waals surface area (Å²) in [5.74, 6) is 1.59. The number of hydrogen-bond donors (Lipinski definition) is 3. The maximum atomic E-state index is 11.9. The second-order valence-corrected chi connectivity index (χ2v) is 7.80. The van der Waals surface area contributed by atoms with Gasteiger partial charge in [-0.1, -0.05) is 19.8 Å². The zero-order valence-corrected chi connectivity index (χ0v) is 19.1. The van der Waals surface area contributed by atoms with Crippen LogP contribution in [0.1, 0.15) is 55.7 Å². The number of rotatable bonds is 9. The Balaban J connectivity index is 0.00000338. The number of guanidine groups is 1. The Hall–Kier alpha value is -0.830. The van der Waals surface area contributed by atoms with Crippen molar-refractivity contribution >= 4 is 47.2 Å². The molecule has 0 unspecified atom stereocenters. The van der Waals surface area contributed by atoms with Gasteiger partial charge in [-0.15, -0.1) is 35.3 Å². The monoisotopic (exact) mass is 492 g/mol. The Morgan fingerprint density at radius 1 is 1.12 bits per heavy atom. The smallest absolute Gasteiger partial charge is 0.220 e. The largest absolute Gasteiger partial charge is 0.357 e. The fourth-order valence-electron chi connectivity index (χ4n) is 3.13. The normalized spacial score (nSPS) is 14.8. The predicted molar refractivity (Wildman–Crippen MR) is 122 cm³/mol. The third-order valence-electron chi connectivity index (χ3n) is 4.49. The van der Waals surface area contributed by atoms with E-state index in [2.05, 4.69) is 46.9 Å². The summed E-state index contributed by atoms with van der Waals surface area (Å²) in [4.78, 5) is 19.2. The van der Waals surface area contributed by atoms with Crippen LogP contribution in [0.5, 0.6) is 0 Å². The van der Waals surface area contributed by atoms with Crippen molar-refractivity contribution < 1.29 is 4.79 Å². The molecule has 2 rings (SSSR count). The number of aliphatic imine (C=N–C) groups is 1. The average molecular weight is 492 g/mol. The average Bonchev–Trinajstić information content (AvgIpc) is 3.27. The van der Waals surface area contributed by atoms with Crippen LogP contribution in [0.25, 0.3) is 0 Å². The second kappa shape index (κ2) is 13.4. The fourth-order valence-corrected chi connectivity index (χ4v) is 4.01. The van der Waals surface area contributed by atoms with E-state index in [1.54, 1.807) is 0 Å². The van der Waals surface area contributed by atoms with Gasteiger partial charge in [0.05, 0.1) is 6.54 Å². The van der Waals surface area contributed by atoms with E-state index in [-0.39, 0.29) is 29.9 Å². The first-order valence-corrected chi connectivity index (χ1v) is 10.4. The molecule has 5 nitrogen and oxygen atoms in total. The number of carbonyl (C=O) groups is 1. The van der Waals surface area contributed by atoms with Crippen molar-refractivity contribution in [2.45, 2.75) is 58.9 Å². The molecule has 26 heavy (non-hydrogen) atoms. The molecule has 3 N–H and O–H groups in total. The topological polar surface area (TPSA) is 65.5 Å². The summed E-state index contributed by atoms with van der Waals surface area (Å²) in [7, 11) is 0. The molecule has 1 fully saturated rings. The maximum Gasteiger partial charge on any atom is 0.220 e. The highest BCUT2D eigenvalue weighted by atomic mass is 127. The van der Waals surface area contributed by atoms with E-state index in [0.29, 0.717) is 32.0 Å². The van der Waals surface area contributed by atoms with Gasteiger partial charge in [-0.2, -0.15) is 0 Å². The van der Waals surface area contributed by atoms with Gasteiger partial charge in [0.25, 0.3) is 0 Å². The zero-order chi connectivity index (χ0) is 17.9. The Morgan fingerprint density at radius 3 is 2.46 bits per heavy atom. The van der Waals surface area contributed by atoms with Crippen LogP contribution in [-0.2, 0) is 17.8 Å². The third-order valence-corrected chi connectivity index (χ3v) is 5.71. The molecule has 1 aromatic rings. The molecule has 0 aromatic carbocycles. The number of carbonyl (C=O) groups excluding carboxylic acids is 1. The number of nitrogens with one attached hydrogen (secondary N) is 3. The van der Waals surface area contributed by atoms with Gasteiger partial charge < -0.3 is 16.0 Å². The van der Waals surface area contributed by atoms with Gasteiger partial charge >= 0.3 is 0 Å². The summed E-state index contributed by atoms with van der Waals surface area (Å²) in [6, 6.07) is 4.33. The zero-order valence-electron chi connectivity index (χ0n) is 16.0. The van der Waals surface area contributed by atoms with Gasteiger partial charge in [0.2, 0.25) is 5.91 Å². The van der Waals surface area contributed by atoms with Crippen molar-refractivity contribution in [1.82, 2.24) is 16.0 Å². The molecule has 148 valence electrons. The highest BCUT2D eigenvalue weighted by molar-refractivity contribution is 14.0. The van der Waals surface area contributed by atoms with E-state index in [9.17, 15) is 4.79 Å². The molecule has 1 amide bonds. The van der Waals surface area contributed by atoms with Crippen molar-refractivity contribution in [3.63, 3.8) is 0 Å². The molecule has 0 spiro atoms. The van der Waals surface area contributed by atoms with E-state index >= 15 is 0 Å². The highest BCUT2D eigenvalue weighted by Crippen LogP contribution is 2.27. The van der Waals surface area contributed by atoms with Crippen molar-refractivity contribution in [1.29, 1.82) is 0 Å². The SMILES string of the molecule is CCNC(=NCc1ccc(CC)s1)NCCNC(=O)CC1CCCC1.I. The quantitative estimate of drug-likeness (QED) is 0.213. The predicted octanol–water partition coefficient (Wildman–Crippen LogP) is 3.68. The minimum absolute atomic E-state index is 0. The first kappa shape index (κ1) is 23.2. The number of amides is 1. The first-order chi connectivity index (χ1) is 12.2. The van der Waals surface area contributed by atoms with Crippen LogP contribution in [0, 0.1) is 5.92 Å². The van der Waals surface area contributed by atoms with E-state index < -0.39 is 0 Å². The molecule has 1 aliphatic rings. The molecular formula is C19H33IN4OS. The fraction of sp³-hybridized carbons (Fsp3) is 0.684. The molecule has 1 saturated carbocycles. The van der Waals surface area contributed by atoms with Gasteiger partial charge in [-0.05, 0) is 44.2 Å². The van der Waals surface area contributed by atoms with Crippen LogP contribution in [0.2, 0.25) is 0 Å². The van der Waals surface area contributed by atoms with Crippen LogP contribution in [-0.4, -0.2) is 31.5 Å². The van der Waals surface area contributed by atoms with E-state index in [4.69, 9.17) is 0 Å². The summed E-state index contributed by atoms with van der Waals surface area (Å²) < 4.78 is 0. The standard InChI is InChI=1S/C19H32N4OS.HI/c1-3-16-9-10-17(25-16)14-23-19(20-4-2)22-12-11-21-18(24)13-15-7-5-6-8-15;/h9-10,15H,3-8,11-14H2,1-2H3,(H,21,24)(H2,20,22,23);1H. The van der Waals surface area contributed by atoms with Gasteiger partial charge in [0, 0.05) is 35.8 Å². The van der Waals surface area contributed by atoms with Gasteiger partial charge in [0.1, 0.15) is 0 Å². The van der Waals surface area contributed by atoms with E-state index in [0.717, 1.165) is 18.9 Å². The Morgan fingerprint density at radius 2 is 1.81 bits per heavy atom. The molecule has 1 aromatic heterocycles. The van der Waals surface area contributed by atoms with Gasteiger partial charge in [-0.25, -0.2) is 4.99 Å². The van der Waals surface area contributed by atoms with Crippen molar-refractivity contribution in [3.8, 4) is 0 Å². The second-order valence-electron chi connectivity index (χ2n) is 6.55. The molecule has 0 atom stereocenters. The van der Waals surface area contributed by atoms with Crippen molar-refractivity contribution in [2.75, 3.05) is 19.6 Å². The number of thiophene rings is 1. The van der Waals surface area contributed by atoms with Crippen LogP contribution in [0.4, 0.5) is 0 Å². The molecule has 0 aliphatic heterocycles. The third kappa shape index (κ3) is 8.70. The number of nitrogens with zero attached hydrogens (tertiary/aromatic N) is 1. The van der Waals surface area contributed by atoms with Gasteiger partial charge in [-0.3, -0.25) is 4.79 Å². The highest BCUT2D eigenvalue weighted by Gasteiger charge is 2.17. The summed E-state index contributed by atoms with van der Waals surface area (Å²) >= 11 is 1.82. The molecule has 1 heterocycles. The minimum atomic E-state index is 0. The molecule has 0 radical (unpaired) electrons. The van der Waals surface area contributed by atoms with Crippen LogP contribution in [0.15, 0.2) is 17.1 Å². The van der Waals surface area contributed by atoms with Crippen molar-refractivity contribution in [2.24, 2.45) is 10.9 Å². The minimum Gasteiger partial charge on any atom is -0.357 e. The lowest BCUT2D eigenvalue weighted by Gasteiger charge is -2.13. The van der Waals surface area contributed by atoms with Gasteiger partial charge in [0.15, 0.2) is 5.96 Å². The Labute approximate surface area is 178 Å². The maximum absolute atomic E-state index is 11.9. The Bertz CT molecular complexity index is 555. The summed E-state index contributed by atoms with van der Waals surface area (Å²) in [6.45, 7) is 7.06. The lowest BCUT2D eigenvalue weighted by Crippen LogP contribution is -2.41. The van der Waals surface area contributed by atoms with Crippen LogP contribution >= 0.6 is 35.3 Å². The molecular weight excluding hydrogens is 459 g/mol. The van der Waals surface area contributed by atoms with E-state index in [1.807, 2.05) is 11.3 Å². The Kier molecular flexibility index (Phi) is 11.9. The lowest BCUT2D eigenvalue weighted by molar-refractivity contribution is -0.121. The van der Waals surface area contributed by atoms with E-state index in [1.165, 1.54) is 35.4 Å².